The molecule has 0 aromatic heterocycles. The predicted molar refractivity (Wildman–Crippen MR) is 99.0 cm³/mol. The van der Waals surface area contributed by atoms with Crippen molar-refractivity contribution < 1.29 is 14.3 Å². The fourth-order valence-electron chi connectivity index (χ4n) is 2.52. The molecule has 0 unspecified atom stereocenters. The monoisotopic (exact) mass is 342 g/mol. The van der Waals surface area contributed by atoms with Gasteiger partial charge in [0.05, 0.1) is 13.5 Å². The molecule has 3 N–H and O–H groups in total. The highest BCUT2D eigenvalue weighted by Gasteiger charge is 2.08. The van der Waals surface area contributed by atoms with Gasteiger partial charge >= 0.3 is 0 Å². The van der Waals surface area contributed by atoms with Gasteiger partial charge in [-0.05, 0) is 36.1 Å². The standard InChI is InChI=1S/C20H26N2O3/c1-24-19-14-17(9-10-18(19)25-13-11-21)15-20(23)22-12-5-8-16-6-3-2-4-7-16/h2-4,6-7,9-10,14H,5,8,11-13,15,21H2,1H3,(H,22,23). The maximum atomic E-state index is 12.1. The molecule has 2 aromatic carbocycles. The molecule has 0 bridgehead atoms. The van der Waals surface area contributed by atoms with E-state index >= 15 is 0 Å². The van der Waals surface area contributed by atoms with Gasteiger partial charge in [-0.15, -0.1) is 0 Å². The van der Waals surface area contributed by atoms with E-state index in [1.807, 2.05) is 36.4 Å². The number of methoxy groups -OCH3 is 1. The summed E-state index contributed by atoms with van der Waals surface area (Å²) in [6.45, 7) is 1.54. The number of aryl methyl sites for hydroxylation is 1. The van der Waals surface area contributed by atoms with Crippen LogP contribution in [0.5, 0.6) is 11.5 Å². The first-order valence-corrected chi connectivity index (χ1v) is 8.53. The summed E-state index contributed by atoms with van der Waals surface area (Å²) in [5, 5.41) is 2.96. The molecular formula is C20H26N2O3. The molecule has 0 aliphatic carbocycles. The van der Waals surface area contributed by atoms with Crippen LogP contribution in [0.1, 0.15) is 17.5 Å². The molecule has 0 heterocycles. The SMILES string of the molecule is COc1cc(CC(=O)NCCCc2ccccc2)ccc1OCCN. The van der Waals surface area contributed by atoms with Crippen LogP contribution in [-0.4, -0.2) is 32.7 Å². The van der Waals surface area contributed by atoms with Gasteiger partial charge in [0.25, 0.3) is 0 Å². The largest absolute Gasteiger partial charge is 0.493 e. The number of rotatable bonds is 10. The number of nitrogens with one attached hydrogen (secondary N) is 1. The number of nitrogens with two attached hydrogens (primary N) is 1. The third-order valence-corrected chi connectivity index (χ3v) is 3.78. The molecule has 2 aromatic rings. The quantitative estimate of drug-likeness (QED) is 0.650. The zero-order valence-electron chi connectivity index (χ0n) is 14.7. The van der Waals surface area contributed by atoms with E-state index in [1.54, 1.807) is 7.11 Å². The topological polar surface area (TPSA) is 73.6 Å². The van der Waals surface area contributed by atoms with Gasteiger partial charge in [0.1, 0.15) is 6.61 Å². The van der Waals surface area contributed by atoms with Crippen LogP contribution in [0.15, 0.2) is 48.5 Å². The molecule has 0 radical (unpaired) electrons. The summed E-state index contributed by atoms with van der Waals surface area (Å²) in [7, 11) is 1.58. The summed E-state index contributed by atoms with van der Waals surface area (Å²) in [4.78, 5) is 12.1. The number of hydrogen-bond donors (Lipinski definition) is 2. The molecule has 25 heavy (non-hydrogen) atoms. The third kappa shape index (κ3) is 6.47. The Morgan fingerprint density at radius 1 is 1.08 bits per heavy atom. The van der Waals surface area contributed by atoms with Gasteiger partial charge in [-0.1, -0.05) is 36.4 Å². The maximum absolute atomic E-state index is 12.1. The molecule has 0 saturated heterocycles. The highest BCUT2D eigenvalue weighted by molar-refractivity contribution is 5.78. The Hall–Kier alpha value is -2.53. The average molecular weight is 342 g/mol. The van der Waals surface area contributed by atoms with Crippen LogP contribution in [0.3, 0.4) is 0 Å². The van der Waals surface area contributed by atoms with Crippen LogP contribution in [0.25, 0.3) is 0 Å². The van der Waals surface area contributed by atoms with E-state index in [0.29, 0.717) is 37.6 Å². The lowest BCUT2D eigenvalue weighted by Crippen LogP contribution is -2.26. The molecule has 134 valence electrons. The van der Waals surface area contributed by atoms with Crippen molar-refractivity contribution >= 4 is 5.91 Å². The zero-order chi connectivity index (χ0) is 17.9. The van der Waals surface area contributed by atoms with Crippen LogP contribution >= 0.6 is 0 Å². The number of ether oxygens (including phenoxy) is 2. The summed E-state index contributed by atoms with van der Waals surface area (Å²) in [5.74, 6) is 1.26. The van der Waals surface area contributed by atoms with Gasteiger partial charge in [-0.2, -0.15) is 0 Å². The first-order valence-electron chi connectivity index (χ1n) is 8.53. The van der Waals surface area contributed by atoms with Crippen molar-refractivity contribution in [2.75, 3.05) is 26.8 Å². The lowest BCUT2D eigenvalue weighted by atomic mass is 10.1. The summed E-state index contributed by atoms with van der Waals surface area (Å²) in [6, 6.07) is 15.8. The van der Waals surface area contributed by atoms with E-state index in [0.717, 1.165) is 18.4 Å². The number of benzene rings is 2. The number of carbonyl (C=O) groups excluding carboxylic acids is 1. The number of amides is 1. The zero-order valence-corrected chi connectivity index (χ0v) is 14.7. The lowest BCUT2D eigenvalue weighted by Gasteiger charge is -2.12. The minimum Gasteiger partial charge on any atom is -0.493 e. The van der Waals surface area contributed by atoms with E-state index in [-0.39, 0.29) is 5.91 Å². The first-order chi connectivity index (χ1) is 12.2. The Morgan fingerprint density at radius 2 is 1.88 bits per heavy atom. The number of hydrogen-bond acceptors (Lipinski definition) is 4. The van der Waals surface area contributed by atoms with Crippen LogP contribution in [0, 0.1) is 0 Å². The smallest absolute Gasteiger partial charge is 0.224 e. The first kappa shape index (κ1) is 18.8. The van der Waals surface area contributed by atoms with Gasteiger partial charge in [-0.25, -0.2) is 0 Å². The van der Waals surface area contributed by atoms with Gasteiger partial charge in [0.2, 0.25) is 5.91 Å². The van der Waals surface area contributed by atoms with Gasteiger partial charge in [0.15, 0.2) is 11.5 Å². The second kappa shape index (κ2) is 10.4. The van der Waals surface area contributed by atoms with Gasteiger partial charge in [-0.3, -0.25) is 4.79 Å². The summed E-state index contributed by atoms with van der Waals surface area (Å²) in [6.07, 6.45) is 2.20. The molecule has 0 fully saturated rings. The van der Waals surface area contributed by atoms with Crippen molar-refractivity contribution in [1.29, 1.82) is 0 Å². The van der Waals surface area contributed by atoms with Crippen molar-refractivity contribution in [3.63, 3.8) is 0 Å². The molecule has 0 aliphatic rings. The Morgan fingerprint density at radius 3 is 2.60 bits per heavy atom. The van der Waals surface area contributed by atoms with Crippen LogP contribution in [-0.2, 0) is 17.6 Å². The molecule has 5 nitrogen and oxygen atoms in total. The van der Waals surface area contributed by atoms with E-state index in [4.69, 9.17) is 15.2 Å². The van der Waals surface area contributed by atoms with Crippen LogP contribution in [0.2, 0.25) is 0 Å². The highest BCUT2D eigenvalue weighted by atomic mass is 16.5. The highest BCUT2D eigenvalue weighted by Crippen LogP contribution is 2.28. The van der Waals surface area contributed by atoms with Crippen LogP contribution in [0.4, 0.5) is 0 Å². The number of carbonyl (C=O) groups is 1. The second-order valence-corrected chi connectivity index (χ2v) is 5.74. The molecule has 2 rings (SSSR count). The van der Waals surface area contributed by atoms with Crippen molar-refractivity contribution in [1.82, 2.24) is 5.32 Å². The summed E-state index contributed by atoms with van der Waals surface area (Å²) in [5.41, 5.74) is 7.61. The molecular weight excluding hydrogens is 316 g/mol. The Kier molecular flexibility index (Phi) is 7.79. The predicted octanol–water partition coefficient (Wildman–Crippen LogP) is 2.32. The van der Waals surface area contributed by atoms with Gasteiger partial charge < -0.3 is 20.5 Å². The summed E-state index contributed by atoms with van der Waals surface area (Å²) < 4.78 is 10.8. The van der Waals surface area contributed by atoms with E-state index < -0.39 is 0 Å². The van der Waals surface area contributed by atoms with Crippen molar-refractivity contribution in [2.45, 2.75) is 19.3 Å². The lowest BCUT2D eigenvalue weighted by molar-refractivity contribution is -0.120. The molecule has 1 amide bonds. The fourth-order valence-corrected chi connectivity index (χ4v) is 2.52. The van der Waals surface area contributed by atoms with E-state index in [1.165, 1.54) is 5.56 Å². The Balaban J connectivity index is 1.77. The van der Waals surface area contributed by atoms with Crippen molar-refractivity contribution in [3.8, 4) is 11.5 Å². The molecule has 0 saturated carbocycles. The van der Waals surface area contributed by atoms with Crippen LogP contribution < -0.4 is 20.5 Å². The van der Waals surface area contributed by atoms with Crippen molar-refractivity contribution in [2.24, 2.45) is 5.73 Å². The molecule has 5 heteroatoms. The fraction of sp³-hybridized carbons (Fsp3) is 0.350. The van der Waals surface area contributed by atoms with Crippen molar-refractivity contribution in [3.05, 3.63) is 59.7 Å². The minimum atomic E-state index is 0.00532. The van der Waals surface area contributed by atoms with E-state index in [2.05, 4.69) is 17.4 Å². The molecule has 0 spiro atoms. The molecule has 0 aliphatic heterocycles. The maximum Gasteiger partial charge on any atom is 0.224 e. The average Bonchev–Trinajstić information content (AvgIpc) is 2.65. The van der Waals surface area contributed by atoms with Gasteiger partial charge in [0, 0.05) is 13.1 Å². The molecule has 0 atom stereocenters. The second-order valence-electron chi connectivity index (χ2n) is 5.74. The normalized spacial score (nSPS) is 10.3. The minimum absolute atomic E-state index is 0.00532. The summed E-state index contributed by atoms with van der Waals surface area (Å²) >= 11 is 0. The van der Waals surface area contributed by atoms with E-state index in [9.17, 15) is 4.79 Å². The Labute approximate surface area is 149 Å². The Bertz CT molecular complexity index is 659. The third-order valence-electron chi connectivity index (χ3n) is 3.78.